The van der Waals surface area contributed by atoms with Gasteiger partial charge in [-0.3, -0.25) is 0 Å². The molecule has 0 amide bonds. The van der Waals surface area contributed by atoms with Crippen molar-refractivity contribution < 1.29 is 9.53 Å². The molecule has 0 saturated heterocycles. The van der Waals surface area contributed by atoms with Gasteiger partial charge in [0.15, 0.2) is 0 Å². The van der Waals surface area contributed by atoms with Crippen LogP contribution in [0.3, 0.4) is 0 Å². The molecule has 2 rings (SSSR count). The number of halogens is 1. The second-order valence-electron chi connectivity index (χ2n) is 4.79. The van der Waals surface area contributed by atoms with Crippen molar-refractivity contribution in [2.45, 2.75) is 26.4 Å². The van der Waals surface area contributed by atoms with Crippen molar-refractivity contribution in [2.24, 2.45) is 0 Å². The quantitative estimate of drug-likeness (QED) is 0.718. The maximum Gasteiger partial charge on any atom is 0.348 e. The van der Waals surface area contributed by atoms with Crippen LogP contribution in [-0.2, 0) is 4.74 Å². The van der Waals surface area contributed by atoms with Crippen LogP contribution in [0.25, 0.3) is 10.1 Å². The topological polar surface area (TPSA) is 26.3 Å². The van der Waals surface area contributed by atoms with Gasteiger partial charge < -0.3 is 4.74 Å². The molecule has 0 N–H and O–H groups in total. The number of benzene rings is 1. The fraction of sp³-hybridized carbons (Fsp3) is 0.308. The molecule has 1 heterocycles. The fourth-order valence-electron chi connectivity index (χ4n) is 1.43. The van der Waals surface area contributed by atoms with Gasteiger partial charge in [-0.1, -0.05) is 22.0 Å². The molecule has 0 saturated carbocycles. The molecule has 0 atom stereocenters. The zero-order valence-electron chi connectivity index (χ0n) is 9.91. The molecule has 4 heteroatoms. The van der Waals surface area contributed by atoms with E-state index in [9.17, 15) is 4.79 Å². The van der Waals surface area contributed by atoms with Gasteiger partial charge in [0.05, 0.1) is 0 Å². The van der Waals surface area contributed by atoms with Crippen LogP contribution in [0.4, 0.5) is 0 Å². The summed E-state index contributed by atoms with van der Waals surface area (Å²) in [6.07, 6.45) is 0. The Morgan fingerprint density at radius 1 is 1.29 bits per heavy atom. The summed E-state index contributed by atoms with van der Waals surface area (Å²) >= 11 is 4.87. The molecule has 2 nitrogen and oxygen atoms in total. The number of hydrogen-bond donors (Lipinski definition) is 0. The van der Waals surface area contributed by atoms with Gasteiger partial charge in [0.25, 0.3) is 0 Å². The van der Waals surface area contributed by atoms with Crippen molar-refractivity contribution >= 4 is 43.3 Å². The summed E-state index contributed by atoms with van der Waals surface area (Å²) in [5.41, 5.74) is -0.451. The monoisotopic (exact) mass is 312 g/mol. The average molecular weight is 313 g/mol. The van der Waals surface area contributed by atoms with Gasteiger partial charge in [-0.15, -0.1) is 11.3 Å². The highest BCUT2D eigenvalue weighted by atomic mass is 79.9. The fourth-order valence-corrected chi connectivity index (χ4v) is 2.93. The van der Waals surface area contributed by atoms with E-state index in [4.69, 9.17) is 4.74 Å². The molecular weight excluding hydrogens is 300 g/mol. The summed E-state index contributed by atoms with van der Waals surface area (Å²) in [7, 11) is 0. The van der Waals surface area contributed by atoms with Crippen LogP contribution >= 0.6 is 27.3 Å². The lowest BCUT2D eigenvalue weighted by atomic mass is 10.2. The maximum atomic E-state index is 11.9. The molecule has 0 aliphatic carbocycles. The summed E-state index contributed by atoms with van der Waals surface area (Å²) in [6, 6.07) is 7.84. The number of rotatable bonds is 1. The minimum atomic E-state index is -0.451. The van der Waals surface area contributed by atoms with Gasteiger partial charge >= 0.3 is 5.97 Å². The van der Waals surface area contributed by atoms with Crippen molar-refractivity contribution in [1.29, 1.82) is 0 Å². The Hall–Kier alpha value is -0.870. The van der Waals surface area contributed by atoms with E-state index in [0.717, 1.165) is 14.6 Å². The highest BCUT2D eigenvalue weighted by molar-refractivity contribution is 9.10. The van der Waals surface area contributed by atoms with Crippen molar-refractivity contribution in [3.05, 3.63) is 33.6 Å². The summed E-state index contributed by atoms with van der Waals surface area (Å²) in [4.78, 5) is 12.5. The molecule has 1 aromatic heterocycles. The molecule has 2 aromatic rings. The third-order valence-electron chi connectivity index (χ3n) is 2.08. The van der Waals surface area contributed by atoms with Crippen LogP contribution in [0.1, 0.15) is 30.4 Å². The molecular formula is C13H13BrO2S. The molecule has 0 unspecified atom stereocenters. The SMILES string of the molecule is CC(C)(C)OC(=O)c1cc2ccc(Br)cc2s1. The Bertz CT molecular complexity index is 566. The highest BCUT2D eigenvalue weighted by Gasteiger charge is 2.19. The van der Waals surface area contributed by atoms with Crippen molar-refractivity contribution in [3.63, 3.8) is 0 Å². The first kappa shape index (κ1) is 12.6. The number of esters is 1. The molecule has 1 aromatic carbocycles. The minimum Gasteiger partial charge on any atom is -0.456 e. The van der Waals surface area contributed by atoms with Crippen LogP contribution in [0.5, 0.6) is 0 Å². The standard InChI is InChI=1S/C13H13BrO2S/c1-13(2,3)16-12(15)11-6-8-4-5-9(14)7-10(8)17-11/h4-7H,1-3H3. The summed E-state index contributed by atoms with van der Waals surface area (Å²) in [5.74, 6) is -0.255. The number of carbonyl (C=O) groups is 1. The number of ether oxygens (including phenoxy) is 1. The largest absolute Gasteiger partial charge is 0.456 e. The first-order valence-electron chi connectivity index (χ1n) is 5.27. The van der Waals surface area contributed by atoms with Gasteiger partial charge in [0.2, 0.25) is 0 Å². The third kappa shape index (κ3) is 3.07. The predicted octanol–water partition coefficient (Wildman–Crippen LogP) is 4.62. The maximum absolute atomic E-state index is 11.9. The Labute approximate surface area is 113 Å². The van der Waals surface area contributed by atoms with Crippen LogP contribution in [0.2, 0.25) is 0 Å². The second-order valence-corrected chi connectivity index (χ2v) is 6.79. The first-order valence-corrected chi connectivity index (χ1v) is 6.88. The van der Waals surface area contributed by atoms with E-state index in [2.05, 4.69) is 15.9 Å². The summed E-state index contributed by atoms with van der Waals surface area (Å²) < 4.78 is 7.44. The van der Waals surface area contributed by atoms with Gasteiger partial charge in [0.1, 0.15) is 10.5 Å². The van der Waals surface area contributed by atoms with E-state index in [1.54, 1.807) is 0 Å². The molecule has 0 fully saturated rings. The van der Waals surface area contributed by atoms with E-state index in [-0.39, 0.29) is 5.97 Å². The number of thiophene rings is 1. The van der Waals surface area contributed by atoms with E-state index < -0.39 is 5.60 Å². The van der Waals surface area contributed by atoms with Gasteiger partial charge in [-0.05, 0) is 44.4 Å². The third-order valence-corrected chi connectivity index (χ3v) is 3.65. The van der Waals surface area contributed by atoms with E-state index >= 15 is 0 Å². The van der Waals surface area contributed by atoms with Crippen molar-refractivity contribution in [3.8, 4) is 0 Å². The Morgan fingerprint density at radius 3 is 2.65 bits per heavy atom. The molecule has 17 heavy (non-hydrogen) atoms. The zero-order valence-corrected chi connectivity index (χ0v) is 12.3. The van der Waals surface area contributed by atoms with Crippen LogP contribution in [-0.4, -0.2) is 11.6 Å². The predicted molar refractivity (Wildman–Crippen MR) is 74.7 cm³/mol. The van der Waals surface area contributed by atoms with E-state index in [1.807, 2.05) is 45.0 Å². The summed E-state index contributed by atoms with van der Waals surface area (Å²) in [6.45, 7) is 5.61. The van der Waals surface area contributed by atoms with Crippen LogP contribution < -0.4 is 0 Å². The first-order chi connectivity index (χ1) is 7.85. The van der Waals surface area contributed by atoms with Crippen molar-refractivity contribution in [1.82, 2.24) is 0 Å². The Morgan fingerprint density at radius 2 is 2.00 bits per heavy atom. The number of carbonyl (C=O) groups excluding carboxylic acids is 1. The molecule has 0 aliphatic rings. The van der Waals surface area contributed by atoms with E-state index in [0.29, 0.717) is 4.88 Å². The zero-order chi connectivity index (χ0) is 12.6. The Kier molecular flexibility index (Phi) is 3.27. The lowest BCUT2D eigenvalue weighted by Gasteiger charge is -2.18. The Balaban J connectivity index is 2.33. The number of hydrogen-bond acceptors (Lipinski definition) is 3. The normalized spacial score (nSPS) is 11.8. The van der Waals surface area contributed by atoms with Gasteiger partial charge in [-0.2, -0.15) is 0 Å². The average Bonchev–Trinajstić information content (AvgIpc) is 2.57. The van der Waals surface area contributed by atoms with E-state index in [1.165, 1.54) is 11.3 Å². The van der Waals surface area contributed by atoms with Gasteiger partial charge in [0, 0.05) is 9.17 Å². The van der Waals surface area contributed by atoms with Crippen LogP contribution in [0, 0.1) is 0 Å². The van der Waals surface area contributed by atoms with Crippen molar-refractivity contribution in [2.75, 3.05) is 0 Å². The molecule has 0 bridgehead atoms. The highest BCUT2D eigenvalue weighted by Crippen LogP contribution is 2.29. The van der Waals surface area contributed by atoms with Gasteiger partial charge in [-0.25, -0.2) is 4.79 Å². The molecule has 90 valence electrons. The smallest absolute Gasteiger partial charge is 0.348 e. The number of fused-ring (bicyclic) bond motifs is 1. The molecule has 0 aliphatic heterocycles. The second kappa shape index (κ2) is 4.42. The lowest BCUT2D eigenvalue weighted by molar-refractivity contribution is 0.00753. The lowest BCUT2D eigenvalue weighted by Crippen LogP contribution is -2.23. The molecule has 0 spiro atoms. The minimum absolute atomic E-state index is 0.255. The van der Waals surface area contributed by atoms with Crippen LogP contribution in [0.15, 0.2) is 28.7 Å². The summed E-state index contributed by atoms with van der Waals surface area (Å²) in [5, 5.41) is 1.07. The molecule has 0 radical (unpaired) electrons.